The molecule has 1 aromatic rings. The zero-order valence-electron chi connectivity index (χ0n) is 11.5. The van der Waals surface area contributed by atoms with Gasteiger partial charge in [0.25, 0.3) is 0 Å². The average molecular weight is 282 g/mol. The molecule has 1 aliphatic heterocycles. The van der Waals surface area contributed by atoms with Gasteiger partial charge in [-0.05, 0) is 0 Å². The molecule has 0 aromatic heterocycles. The minimum absolute atomic E-state index is 0.433. The Balaban J connectivity index is 2.42. The zero-order chi connectivity index (χ0) is 14.0. The summed E-state index contributed by atoms with van der Waals surface area (Å²) < 4.78 is 22.9. The second-order valence-corrected chi connectivity index (χ2v) is 8.17. The van der Waals surface area contributed by atoms with Crippen molar-refractivity contribution in [3.63, 3.8) is 0 Å². The van der Waals surface area contributed by atoms with E-state index in [1.807, 2.05) is 36.4 Å². The molecule has 0 radical (unpaired) electrons. The van der Waals surface area contributed by atoms with Crippen molar-refractivity contribution < 1.29 is 18.3 Å². The van der Waals surface area contributed by atoms with Crippen molar-refractivity contribution in [3.8, 4) is 5.75 Å². The molecule has 0 atom stereocenters. The van der Waals surface area contributed by atoms with Crippen LogP contribution in [-0.2, 0) is 13.8 Å². The van der Waals surface area contributed by atoms with Crippen LogP contribution in [-0.4, -0.2) is 27.5 Å². The van der Waals surface area contributed by atoms with E-state index in [4.69, 9.17) is 18.3 Å². The standard InChI is InChI=1S/C14H19O4P/c1-12-10-14(15-2)11-19(12,16-3,17-4)18-13-8-6-5-7-9-13/h5-10H,1,11H2,2-4H3. The third kappa shape index (κ3) is 2.16. The first-order valence-corrected chi connectivity index (χ1v) is 8.09. The van der Waals surface area contributed by atoms with E-state index in [0.29, 0.717) is 17.2 Å². The van der Waals surface area contributed by atoms with Gasteiger partial charge in [0.15, 0.2) is 0 Å². The Hall–Kier alpha value is -1.35. The molecular weight excluding hydrogens is 263 g/mol. The molecule has 0 spiro atoms. The van der Waals surface area contributed by atoms with E-state index in [1.54, 1.807) is 21.3 Å². The molecule has 0 saturated heterocycles. The molecule has 0 N–H and O–H groups in total. The van der Waals surface area contributed by atoms with Gasteiger partial charge >= 0.3 is 113 Å². The molecule has 0 aliphatic carbocycles. The predicted molar refractivity (Wildman–Crippen MR) is 77.1 cm³/mol. The second kappa shape index (κ2) is 4.97. The van der Waals surface area contributed by atoms with Crippen LogP contribution in [0.25, 0.3) is 0 Å². The Labute approximate surface area is 113 Å². The molecule has 1 heterocycles. The van der Waals surface area contributed by atoms with Crippen LogP contribution in [0.2, 0.25) is 0 Å². The van der Waals surface area contributed by atoms with Gasteiger partial charge in [-0.3, -0.25) is 0 Å². The summed E-state index contributed by atoms with van der Waals surface area (Å²) in [5, 5.41) is 0.691. The summed E-state index contributed by atoms with van der Waals surface area (Å²) in [5.41, 5.74) is 0. The Morgan fingerprint density at radius 2 is 1.68 bits per heavy atom. The third-order valence-corrected chi connectivity index (χ3v) is 7.50. The zero-order valence-corrected chi connectivity index (χ0v) is 12.4. The van der Waals surface area contributed by atoms with Gasteiger partial charge in [-0.2, -0.15) is 0 Å². The molecular formula is C14H19O4P. The van der Waals surface area contributed by atoms with E-state index in [1.165, 1.54) is 0 Å². The number of methoxy groups -OCH3 is 1. The number of hydrogen-bond donors (Lipinski definition) is 0. The maximum absolute atomic E-state index is 6.15. The fraction of sp³-hybridized carbons (Fsp3) is 0.286. The summed E-state index contributed by atoms with van der Waals surface area (Å²) >= 11 is 0. The summed E-state index contributed by atoms with van der Waals surface area (Å²) in [6, 6.07) is 9.46. The van der Waals surface area contributed by atoms with Crippen molar-refractivity contribution >= 4 is 7.28 Å². The van der Waals surface area contributed by atoms with Crippen LogP contribution in [0.4, 0.5) is 0 Å². The molecule has 0 saturated carbocycles. The van der Waals surface area contributed by atoms with Crippen LogP contribution in [0.5, 0.6) is 5.75 Å². The Morgan fingerprint density at radius 1 is 1.05 bits per heavy atom. The summed E-state index contributed by atoms with van der Waals surface area (Å²) in [5.74, 6) is 1.44. The van der Waals surface area contributed by atoms with Crippen LogP contribution in [0.3, 0.4) is 0 Å². The molecule has 5 heteroatoms. The van der Waals surface area contributed by atoms with E-state index in [9.17, 15) is 0 Å². The monoisotopic (exact) mass is 282 g/mol. The molecule has 0 fully saturated rings. The van der Waals surface area contributed by atoms with Gasteiger partial charge < -0.3 is 0 Å². The maximum atomic E-state index is 6.15. The molecule has 2 rings (SSSR count). The SMILES string of the molecule is C=C1C=C(OC)CP1(OC)(OC)Oc1ccccc1. The van der Waals surface area contributed by atoms with Crippen LogP contribution < -0.4 is 4.52 Å². The van der Waals surface area contributed by atoms with Gasteiger partial charge in [0.1, 0.15) is 0 Å². The number of hydrogen-bond acceptors (Lipinski definition) is 4. The fourth-order valence-corrected chi connectivity index (χ4v) is 5.26. The van der Waals surface area contributed by atoms with Crippen molar-refractivity contribution in [1.29, 1.82) is 0 Å². The van der Waals surface area contributed by atoms with Gasteiger partial charge in [0.2, 0.25) is 0 Å². The number of ether oxygens (including phenoxy) is 1. The quantitative estimate of drug-likeness (QED) is 0.771. The van der Waals surface area contributed by atoms with Crippen LogP contribution in [0.1, 0.15) is 0 Å². The molecule has 104 valence electrons. The fourth-order valence-electron chi connectivity index (χ4n) is 2.15. The summed E-state index contributed by atoms with van der Waals surface area (Å²) in [6.45, 7) is 4.04. The molecule has 19 heavy (non-hydrogen) atoms. The van der Waals surface area contributed by atoms with Gasteiger partial charge in [0, 0.05) is 0 Å². The van der Waals surface area contributed by atoms with Crippen LogP contribution in [0, 0.1) is 0 Å². The second-order valence-electron chi connectivity index (χ2n) is 4.28. The van der Waals surface area contributed by atoms with E-state index in [-0.39, 0.29) is 0 Å². The number of para-hydroxylation sites is 1. The number of benzene rings is 1. The molecule has 1 aliphatic rings. The van der Waals surface area contributed by atoms with Crippen LogP contribution in [0.15, 0.2) is 54.1 Å². The predicted octanol–water partition coefficient (Wildman–Crippen LogP) is 3.71. The molecule has 4 nitrogen and oxygen atoms in total. The molecule has 0 bridgehead atoms. The summed E-state index contributed by atoms with van der Waals surface area (Å²) in [7, 11) is 1.33. The van der Waals surface area contributed by atoms with Crippen molar-refractivity contribution in [3.05, 3.63) is 54.1 Å². The average Bonchev–Trinajstić information content (AvgIpc) is 2.75. The van der Waals surface area contributed by atoms with Gasteiger partial charge in [-0.15, -0.1) is 0 Å². The topological polar surface area (TPSA) is 36.9 Å². The Morgan fingerprint density at radius 3 is 2.16 bits per heavy atom. The van der Waals surface area contributed by atoms with Crippen molar-refractivity contribution in [2.45, 2.75) is 0 Å². The normalized spacial score (nSPS) is 22.2. The van der Waals surface area contributed by atoms with Gasteiger partial charge in [0.05, 0.1) is 0 Å². The van der Waals surface area contributed by atoms with Crippen LogP contribution >= 0.6 is 7.28 Å². The Kier molecular flexibility index (Phi) is 3.68. The van der Waals surface area contributed by atoms with Gasteiger partial charge in [-0.25, -0.2) is 0 Å². The van der Waals surface area contributed by atoms with E-state index < -0.39 is 7.28 Å². The first-order chi connectivity index (χ1) is 9.08. The minimum atomic E-state index is -3.46. The van der Waals surface area contributed by atoms with Crippen molar-refractivity contribution in [2.24, 2.45) is 0 Å². The van der Waals surface area contributed by atoms with Crippen molar-refractivity contribution in [2.75, 3.05) is 27.5 Å². The Bertz CT molecular complexity index is 505. The van der Waals surface area contributed by atoms with E-state index in [0.717, 1.165) is 5.76 Å². The van der Waals surface area contributed by atoms with Crippen molar-refractivity contribution in [1.82, 2.24) is 0 Å². The molecule has 0 amide bonds. The summed E-state index contributed by atoms with van der Waals surface area (Å²) in [4.78, 5) is 0. The molecule has 0 unspecified atom stereocenters. The van der Waals surface area contributed by atoms with Gasteiger partial charge in [-0.1, -0.05) is 0 Å². The number of allylic oxidation sites excluding steroid dienone is 3. The van der Waals surface area contributed by atoms with E-state index in [2.05, 4.69) is 6.58 Å². The van der Waals surface area contributed by atoms with E-state index >= 15 is 0 Å². The molecule has 1 aromatic carbocycles. The third-order valence-electron chi connectivity index (χ3n) is 3.35. The number of rotatable bonds is 5. The first kappa shape index (κ1) is 14.1. The summed E-state index contributed by atoms with van der Waals surface area (Å²) in [6.07, 6.45) is 2.26. The first-order valence-electron chi connectivity index (χ1n) is 5.92.